The van der Waals surface area contributed by atoms with Gasteiger partial charge >= 0.3 is 5.97 Å². The first-order valence-corrected chi connectivity index (χ1v) is 6.03. The lowest BCUT2D eigenvalue weighted by Gasteiger charge is -2.17. The van der Waals surface area contributed by atoms with Crippen molar-refractivity contribution in [1.82, 2.24) is 0 Å². The van der Waals surface area contributed by atoms with Crippen molar-refractivity contribution in [2.75, 3.05) is 6.54 Å². The van der Waals surface area contributed by atoms with Crippen molar-refractivity contribution in [3.63, 3.8) is 0 Å². The molecule has 0 heterocycles. The molecule has 1 unspecified atom stereocenters. The van der Waals surface area contributed by atoms with Gasteiger partial charge in [0.1, 0.15) is 6.61 Å². The predicted molar refractivity (Wildman–Crippen MR) is 68.6 cm³/mol. The molecule has 0 saturated heterocycles. The molecule has 0 aliphatic rings. The van der Waals surface area contributed by atoms with Gasteiger partial charge in [-0.2, -0.15) is 0 Å². The van der Waals surface area contributed by atoms with Crippen LogP contribution in [-0.2, 0) is 16.1 Å². The number of hydrogen-bond acceptors (Lipinski definition) is 3. The Balaban J connectivity index is 2.50. The fourth-order valence-corrected chi connectivity index (χ4v) is 1.61. The van der Waals surface area contributed by atoms with Crippen LogP contribution in [0.1, 0.15) is 19.4 Å². The van der Waals surface area contributed by atoms with Crippen LogP contribution in [0.25, 0.3) is 0 Å². The summed E-state index contributed by atoms with van der Waals surface area (Å²) in [5, 5.41) is 0.669. The molecule has 1 aromatic rings. The summed E-state index contributed by atoms with van der Waals surface area (Å²) >= 11 is 5.76. The first-order valence-electron chi connectivity index (χ1n) is 5.65. The van der Waals surface area contributed by atoms with Crippen LogP contribution in [0, 0.1) is 11.8 Å². The quantitative estimate of drug-likeness (QED) is 0.823. The Bertz CT molecular complexity index is 362. The number of hydrogen-bond donors (Lipinski definition) is 1. The van der Waals surface area contributed by atoms with Gasteiger partial charge in [0, 0.05) is 11.6 Å². The van der Waals surface area contributed by atoms with E-state index in [1.54, 1.807) is 12.1 Å². The summed E-state index contributed by atoms with van der Waals surface area (Å²) in [4.78, 5) is 11.7. The average Bonchev–Trinajstić information content (AvgIpc) is 2.28. The van der Waals surface area contributed by atoms with Crippen molar-refractivity contribution in [2.24, 2.45) is 17.6 Å². The summed E-state index contributed by atoms with van der Waals surface area (Å²) in [6, 6.07) is 7.21. The second kappa shape index (κ2) is 6.62. The summed E-state index contributed by atoms with van der Waals surface area (Å²) in [5.41, 5.74) is 6.46. The highest BCUT2D eigenvalue weighted by Gasteiger charge is 2.21. The van der Waals surface area contributed by atoms with E-state index in [1.807, 2.05) is 26.0 Å². The molecule has 1 atom stereocenters. The van der Waals surface area contributed by atoms with Crippen molar-refractivity contribution >= 4 is 17.6 Å². The Morgan fingerprint density at radius 1 is 1.35 bits per heavy atom. The van der Waals surface area contributed by atoms with E-state index in [0.29, 0.717) is 11.6 Å². The molecule has 4 heteroatoms. The van der Waals surface area contributed by atoms with E-state index < -0.39 is 0 Å². The molecule has 0 amide bonds. The maximum atomic E-state index is 11.7. The van der Waals surface area contributed by atoms with Gasteiger partial charge in [0.2, 0.25) is 0 Å². The number of halogens is 1. The summed E-state index contributed by atoms with van der Waals surface area (Å²) in [5.74, 6) is -0.280. The second-order valence-corrected chi connectivity index (χ2v) is 4.76. The minimum atomic E-state index is -0.238. The van der Waals surface area contributed by atoms with Gasteiger partial charge in [-0.15, -0.1) is 0 Å². The molecule has 0 aliphatic heterocycles. The van der Waals surface area contributed by atoms with Gasteiger partial charge in [-0.3, -0.25) is 4.79 Å². The van der Waals surface area contributed by atoms with Crippen LogP contribution in [0.5, 0.6) is 0 Å². The normalized spacial score (nSPS) is 12.5. The Morgan fingerprint density at radius 2 is 1.94 bits per heavy atom. The monoisotopic (exact) mass is 255 g/mol. The molecule has 17 heavy (non-hydrogen) atoms. The number of nitrogens with two attached hydrogens (primary N) is 1. The summed E-state index contributed by atoms with van der Waals surface area (Å²) < 4.78 is 5.22. The highest BCUT2D eigenvalue weighted by molar-refractivity contribution is 6.30. The van der Waals surface area contributed by atoms with Gasteiger partial charge in [-0.25, -0.2) is 0 Å². The van der Waals surface area contributed by atoms with E-state index in [1.165, 1.54) is 0 Å². The molecule has 0 aliphatic carbocycles. The highest BCUT2D eigenvalue weighted by atomic mass is 35.5. The van der Waals surface area contributed by atoms with Gasteiger partial charge < -0.3 is 10.5 Å². The number of carbonyl (C=O) groups excluding carboxylic acids is 1. The van der Waals surface area contributed by atoms with Crippen molar-refractivity contribution in [3.8, 4) is 0 Å². The lowest BCUT2D eigenvalue weighted by Crippen LogP contribution is -2.29. The molecule has 2 N–H and O–H groups in total. The van der Waals surface area contributed by atoms with Gasteiger partial charge in [0.05, 0.1) is 5.92 Å². The first kappa shape index (κ1) is 14.0. The molecular weight excluding hydrogens is 238 g/mol. The second-order valence-electron chi connectivity index (χ2n) is 4.32. The molecule has 1 rings (SSSR count). The minimum absolute atomic E-state index is 0.192. The molecule has 0 fully saturated rings. The third-order valence-electron chi connectivity index (χ3n) is 2.66. The fraction of sp³-hybridized carbons (Fsp3) is 0.462. The van der Waals surface area contributed by atoms with Gasteiger partial charge in [0.25, 0.3) is 0 Å². The molecule has 0 aromatic heterocycles. The Morgan fingerprint density at radius 3 is 2.41 bits per heavy atom. The third-order valence-corrected chi connectivity index (χ3v) is 2.91. The zero-order chi connectivity index (χ0) is 12.8. The van der Waals surface area contributed by atoms with Crippen LogP contribution >= 0.6 is 11.6 Å². The summed E-state index contributed by atoms with van der Waals surface area (Å²) in [6.45, 7) is 4.50. The maximum absolute atomic E-state index is 11.7. The molecule has 0 bridgehead atoms. The van der Waals surface area contributed by atoms with Gasteiger partial charge in [-0.1, -0.05) is 37.6 Å². The maximum Gasteiger partial charge on any atom is 0.310 e. The van der Waals surface area contributed by atoms with Crippen molar-refractivity contribution in [3.05, 3.63) is 34.9 Å². The predicted octanol–water partition coefficient (Wildman–Crippen LogP) is 2.61. The topological polar surface area (TPSA) is 52.3 Å². The van der Waals surface area contributed by atoms with Crippen LogP contribution in [0.3, 0.4) is 0 Å². The molecule has 0 radical (unpaired) electrons. The molecule has 0 saturated carbocycles. The number of carbonyl (C=O) groups is 1. The van der Waals surface area contributed by atoms with Crippen LogP contribution in [0.4, 0.5) is 0 Å². The third kappa shape index (κ3) is 4.36. The fourth-order valence-electron chi connectivity index (χ4n) is 1.48. The standard InChI is InChI=1S/C13H18ClNO2/c1-9(2)12(7-15)13(16)17-8-10-3-5-11(14)6-4-10/h3-6,9,12H,7-8,15H2,1-2H3. The lowest BCUT2D eigenvalue weighted by molar-refractivity contribution is -0.151. The SMILES string of the molecule is CC(C)C(CN)C(=O)OCc1ccc(Cl)cc1. The Kier molecular flexibility index (Phi) is 5.45. The lowest BCUT2D eigenvalue weighted by atomic mass is 9.96. The van der Waals surface area contributed by atoms with E-state index in [0.717, 1.165) is 5.56 Å². The highest BCUT2D eigenvalue weighted by Crippen LogP contribution is 2.14. The molecule has 3 nitrogen and oxygen atoms in total. The largest absolute Gasteiger partial charge is 0.461 e. The van der Waals surface area contributed by atoms with E-state index in [-0.39, 0.29) is 24.4 Å². The number of benzene rings is 1. The number of esters is 1. The summed E-state index contributed by atoms with van der Waals surface area (Å²) in [7, 11) is 0. The molecule has 0 spiro atoms. The zero-order valence-electron chi connectivity index (χ0n) is 10.2. The van der Waals surface area contributed by atoms with Crippen LogP contribution in [-0.4, -0.2) is 12.5 Å². The Hall–Kier alpha value is -1.06. The van der Waals surface area contributed by atoms with Gasteiger partial charge in [-0.05, 0) is 23.6 Å². The van der Waals surface area contributed by atoms with Crippen molar-refractivity contribution in [1.29, 1.82) is 0 Å². The number of ether oxygens (including phenoxy) is 1. The molecule has 1 aromatic carbocycles. The molecule has 94 valence electrons. The minimum Gasteiger partial charge on any atom is -0.461 e. The zero-order valence-corrected chi connectivity index (χ0v) is 10.9. The smallest absolute Gasteiger partial charge is 0.310 e. The van der Waals surface area contributed by atoms with E-state index >= 15 is 0 Å². The Labute approximate surface area is 107 Å². The summed E-state index contributed by atoms with van der Waals surface area (Å²) in [6.07, 6.45) is 0. The van der Waals surface area contributed by atoms with E-state index in [9.17, 15) is 4.79 Å². The van der Waals surface area contributed by atoms with Gasteiger partial charge in [0.15, 0.2) is 0 Å². The van der Waals surface area contributed by atoms with Crippen LogP contribution in [0.15, 0.2) is 24.3 Å². The first-order chi connectivity index (χ1) is 8.04. The van der Waals surface area contributed by atoms with Crippen molar-refractivity contribution < 1.29 is 9.53 Å². The van der Waals surface area contributed by atoms with Crippen LogP contribution < -0.4 is 5.73 Å². The van der Waals surface area contributed by atoms with E-state index in [2.05, 4.69) is 0 Å². The van der Waals surface area contributed by atoms with E-state index in [4.69, 9.17) is 22.1 Å². The molecular formula is C13H18ClNO2. The van der Waals surface area contributed by atoms with Crippen molar-refractivity contribution in [2.45, 2.75) is 20.5 Å². The van der Waals surface area contributed by atoms with Crippen LogP contribution in [0.2, 0.25) is 5.02 Å². The number of rotatable bonds is 5. The average molecular weight is 256 g/mol.